The molecule has 2 aliphatic rings. The third kappa shape index (κ3) is 5.25. The standard InChI is InChI=1S/C31H35N7O4/c1-19-36-37-30(42-19)31(12-13-35-18-27(39)38-14-4-5-24(38)17-32)25-10-8-22(28(40)33-2)15-20(25)6-7-21-16-23(29(41)34-3)9-11-26(21)31/h8-11,15-16,24,35H,4-7,12-14,18H2,1-3H3,(H,33,40)(H,34,41)/t24-/m0/s1. The van der Waals surface area contributed by atoms with E-state index in [9.17, 15) is 19.6 Å². The van der Waals surface area contributed by atoms with Gasteiger partial charge in [0.25, 0.3) is 11.8 Å². The van der Waals surface area contributed by atoms with Crippen LogP contribution < -0.4 is 16.0 Å². The molecular weight excluding hydrogens is 534 g/mol. The first-order chi connectivity index (χ1) is 20.3. The van der Waals surface area contributed by atoms with E-state index in [1.807, 2.05) is 24.3 Å². The smallest absolute Gasteiger partial charge is 0.251 e. The van der Waals surface area contributed by atoms with Crippen molar-refractivity contribution in [3.63, 3.8) is 0 Å². The molecule has 1 fully saturated rings. The van der Waals surface area contributed by atoms with Gasteiger partial charge in [0.2, 0.25) is 17.7 Å². The zero-order chi connectivity index (χ0) is 29.9. The number of benzene rings is 2. The van der Waals surface area contributed by atoms with Gasteiger partial charge in [-0.05, 0) is 85.2 Å². The highest BCUT2D eigenvalue weighted by Crippen LogP contribution is 2.47. The van der Waals surface area contributed by atoms with Gasteiger partial charge < -0.3 is 25.3 Å². The molecule has 2 heterocycles. The quantitative estimate of drug-likeness (QED) is 0.348. The fraction of sp³-hybridized carbons (Fsp3) is 0.419. The molecule has 1 aromatic heterocycles. The van der Waals surface area contributed by atoms with Crippen molar-refractivity contribution >= 4 is 17.7 Å². The molecular formula is C31H35N7O4. The predicted octanol–water partition coefficient (Wildman–Crippen LogP) is 2.02. The van der Waals surface area contributed by atoms with Crippen LogP contribution in [0.1, 0.15) is 74.0 Å². The second-order valence-corrected chi connectivity index (χ2v) is 10.7. The van der Waals surface area contributed by atoms with Crippen LogP contribution in [0.5, 0.6) is 0 Å². The second-order valence-electron chi connectivity index (χ2n) is 10.7. The summed E-state index contributed by atoms with van der Waals surface area (Å²) >= 11 is 0. The van der Waals surface area contributed by atoms with Crippen LogP contribution in [0, 0.1) is 18.3 Å². The predicted molar refractivity (Wildman–Crippen MR) is 154 cm³/mol. The Labute approximate surface area is 244 Å². The molecule has 5 rings (SSSR count). The van der Waals surface area contributed by atoms with Crippen molar-refractivity contribution in [2.24, 2.45) is 0 Å². The molecule has 1 saturated heterocycles. The zero-order valence-electron chi connectivity index (χ0n) is 24.1. The normalized spacial score (nSPS) is 17.0. The number of aromatic nitrogens is 2. The van der Waals surface area contributed by atoms with Crippen molar-refractivity contribution in [2.75, 3.05) is 33.7 Å². The molecule has 1 aliphatic heterocycles. The van der Waals surface area contributed by atoms with E-state index >= 15 is 0 Å². The molecule has 1 aliphatic carbocycles. The largest absolute Gasteiger partial charge is 0.424 e. The summed E-state index contributed by atoms with van der Waals surface area (Å²) in [6.45, 7) is 2.85. The van der Waals surface area contributed by atoms with E-state index in [0.29, 0.717) is 61.7 Å². The van der Waals surface area contributed by atoms with E-state index in [0.717, 1.165) is 28.7 Å². The minimum atomic E-state index is -0.913. The van der Waals surface area contributed by atoms with Crippen LogP contribution in [-0.2, 0) is 23.1 Å². The number of aryl methyl sites for hydroxylation is 3. The molecule has 11 heteroatoms. The molecule has 0 bridgehead atoms. The van der Waals surface area contributed by atoms with E-state index in [1.54, 1.807) is 38.1 Å². The Balaban J connectivity index is 1.58. The van der Waals surface area contributed by atoms with Crippen LogP contribution in [0.4, 0.5) is 0 Å². The highest BCUT2D eigenvalue weighted by atomic mass is 16.4. The summed E-state index contributed by atoms with van der Waals surface area (Å²) in [7, 11) is 3.20. The molecule has 0 radical (unpaired) electrons. The number of amides is 3. The maximum atomic E-state index is 12.9. The van der Waals surface area contributed by atoms with E-state index < -0.39 is 5.41 Å². The monoisotopic (exact) mass is 569 g/mol. The maximum Gasteiger partial charge on any atom is 0.251 e. The summed E-state index contributed by atoms with van der Waals surface area (Å²) in [5.41, 5.74) is 3.98. The number of carbonyl (C=O) groups is 3. The lowest BCUT2D eigenvalue weighted by Crippen LogP contribution is -2.42. The number of nitriles is 1. The topological polar surface area (TPSA) is 153 Å². The van der Waals surface area contributed by atoms with Crippen LogP contribution in [0.2, 0.25) is 0 Å². The van der Waals surface area contributed by atoms with Gasteiger partial charge in [-0.15, -0.1) is 10.2 Å². The van der Waals surface area contributed by atoms with Gasteiger partial charge in [-0.25, -0.2) is 0 Å². The van der Waals surface area contributed by atoms with E-state index in [1.165, 1.54) is 0 Å². The average molecular weight is 570 g/mol. The minimum Gasteiger partial charge on any atom is -0.424 e. The molecule has 0 unspecified atom stereocenters. The Bertz CT molecular complexity index is 1490. The number of carbonyl (C=O) groups excluding carboxylic acids is 3. The lowest BCUT2D eigenvalue weighted by Gasteiger charge is -2.34. The highest BCUT2D eigenvalue weighted by molar-refractivity contribution is 5.95. The zero-order valence-corrected chi connectivity index (χ0v) is 24.1. The van der Waals surface area contributed by atoms with Gasteiger partial charge in [0.1, 0.15) is 11.5 Å². The van der Waals surface area contributed by atoms with Gasteiger partial charge >= 0.3 is 0 Å². The van der Waals surface area contributed by atoms with Crippen LogP contribution in [0.15, 0.2) is 40.8 Å². The van der Waals surface area contributed by atoms with E-state index in [4.69, 9.17) is 4.42 Å². The minimum absolute atomic E-state index is 0.0993. The molecule has 3 amide bonds. The Hall–Kier alpha value is -4.56. The fourth-order valence-corrected chi connectivity index (χ4v) is 6.27. The molecule has 0 spiro atoms. The fourth-order valence-electron chi connectivity index (χ4n) is 6.27. The summed E-state index contributed by atoms with van der Waals surface area (Å²) in [4.78, 5) is 39.7. The molecule has 2 aromatic carbocycles. The van der Waals surface area contributed by atoms with Gasteiger partial charge in [-0.2, -0.15) is 5.26 Å². The van der Waals surface area contributed by atoms with Crippen molar-refractivity contribution in [3.05, 3.63) is 81.6 Å². The summed E-state index contributed by atoms with van der Waals surface area (Å²) < 4.78 is 6.16. The van der Waals surface area contributed by atoms with Crippen molar-refractivity contribution in [1.29, 1.82) is 5.26 Å². The van der Waals surface area contributed by atoms with Gasteiger partial charge in [0, 0.05) is 38.7 Å². The summed E-state index contributed by atoms with van der Waals surface area (Å²) in [5, 5.41) is 26.8. The SMILES string of the molecule is CNC(=O)c1ccc2c(c1)CCc1cc(C(=O)NC)ccc1C2(CCNCC(=O)N1CCC[C@H]1C#N)c1nnc(C)o1. The first-order valence-corrected chi connectivity index (χ1v) is 14.2. The van der Waals surface area contributed by atoms with Gasteiger partial charge in [0.15, 0.2) is 0 Å². The van der Waals surface area contributed by atoms with Crippen LogP contribution in [0.3, 0.4) is 0 Å². The second kappa shape index (κ2) is 12.1. The number of hydrogen-bond acceptors (Lipinski definition) is 8. The van der Waals surface area contributed by atoms with Crippen molar-refractivity contribution < 1.29 is 18.8 Å². The van der Waals surface area contributed by atoms with Crippen LogP contribution in [-0.4, -0.2) is 72.6 Å². The first-order valence-electron chi connectivity index (χ1n) is 14.2. The summed E-state index contributed by atoms with van der Waals surface area (Å²) in [6, 6.07) is 13.2. The molecule has 0 saturated carbocycles. The first kappa shape index (κ1) is 29.0. The van der Waals surface area contributed by atoms with Gasteiger partial charge in [0.05, 0.1) is 12.6 Å². The van der Waals surface area contributed by atoms with Crippen LogP contribution in [0.25, 0.3) is 0 Å². The Morgan fingerprint density at radius 2 is 1.64 bits per heavy atom. The molecule has 1 atom stereocenters. The number of likely N-dealkylation sites (tertiary alicyclic amines) is 1. The molecule has 42 heavy (non-hydrogen) atoms. The molecule has 11 nitrogen and oxygen atoms in total. The molecule has 3 aromatic rings. The van der Waals surface area contributed by atoms with Gasteiger partial charge in [-0.3, -0.25) is 14.4 Å². The third-order valence-electron chi connectivity index (χ3n) is 8.34. The summed E-state index contributed by atoms with van der Waals surface area (Å²) in [5.74, 6) is 0.355. The number of nitrogens with zero attached hydrogens (tertiary/aromatic N) is 4. The molecule has 218 valence electrons. The van der Waals surface area contributed by atoms with Crippen LogP contribution >= 0.6 is 0 Å². The Morgan fingerprint density at radius 1 is 1.02 bits per heavy atom. The average Bonchev–Trinajstić information content (AvgIpc) is 3.66. The lowest BCUT2D eigenvalue weighted by atomic mass is 9.69. The lowest BCUT2D eigenvalue weighted by molar-refractivity contribution is -0.130. The van der Waals surface area contributed by atoms with Crippen molar-refractivity contribution in [1.82, 2.24) is 31.0 Å². The maximum absolute atomic E-state index is 12.9. The summed E-state index contributed by atoms with van der Waals surface area (Å²) in [6.07, 6.45) is 3.26. The van der Waals surface area contributed by atoms with Crippen molar-refractivity contribution in [3.8, 4) is 6.07 Å². The highest BCUT2D eigenvalue weighted by Gasteiger charge is 2.45. The third-order valence-corrected chi connectivity index (χ3v) is 8.34. The molecule has 3 N–H and O–H groups in total. The Morgan fingerprint density at radius 3 is 2.17 bits per heavy atom. The van der Waals surface area contributed by atoms with E-state index in [2.05, 4.69) is 32.2 Å². The van der Waals surface area contributed by atoms with Crippen molar-refractivity contribution in [2.45, 2.75) is 50.5 Å². The van der Waals surface area contributed by atoms with E-state index in [-0.39, 0.29) is 30.3 Å². The number of nitrogens with one attached hydrogen (secondary N) is 3. The number of rotatable bonds is 8. The number of fused-ring (bicyclic) bond motifs is 2. The number of hydrogen-bond donors (Lipinski definition) is 3. The Kier molecular flexibility index (Phi) is 8.36. The van der Waals surface area contributed by atoms with Gasteiger partial charge in [-0.1, -0.05) is 12.1 Å².